The van der Waals surface area contributed by atoms with Gasteiger partial charge in [-0.15, -0.1) is 0 Å². The molecule has 2 aliphatic carbocycles. The lowest BCUT2D eigenvalue weighted by Gasteiger charge is -2.22. The third-order valence-electron chi connectivity index (χ3n) is 14.9. The lowest BCUT2D eigenvalue weighted by atomic mass is 9.84. The standard InChI is InChI=1S/C10H20.C10H14.2C9H13N.C9H18.C9H12.2C8H11N.C6H14.C5H12.C4H10/c2*1-9(2)8-10-6-4-3-5-7-10;1-8(2)7-9-3-5-10-6-4-9;1-8(2)6-9-4-3-5-10-7-9;1-8(2)7-9-5-3-4-6-9;1-8(2)9-6-4-3-5-7-9;1-7(2)8-3-5-9-6-4-8;1-7(2)8-4-3-5-9-6-8;1-4-5-6(2)3;1-4-5(2)3;1-4(2)3/h9-10H,3-8H2,1-2H3;3-7,9H,8H2,1-2H3;3-6,8H,7H2,1-2H3;3-5,7-8H,6H2,1-2H3;8-9H,3-7H2,1-2H3;3-8H,1-2H3;2*3-7H,1-2H3;6H,4-5H2,1-3H3;5H,4H2,1-3H3;4H,1-3H3. The molecule has 0 atom stereocenters. The Labute approximate surface area is 568 Å². The summed E-state index contributed by atoms with van der Waals surface area (Å²) < 4.78 is 0. The van der Waals surface area contributed by atoms with Crippen LogP contribution in [-0.4, -0.2) is 19.9 Å². The van der Waals surface area contributed by atoms with Crippen molar-refractivity contribution in [3.8, 4) is 0 Å². The molecule has 0 spiro atoms. The Hall–Kier alpha value is -4.96. The van der Waals surface area contributed by atoms with Crippen LogP contribution in [0.25, 0.3) is 0 Å². The molecular formula is C87H148N4. The van der Waals surface area contributed by atoms with E-state index in [1.165, 1.54) is 130 Å². The normalized spacial score (nSPS) is 12.5. The van der Waals surface area contributed by atoms with E-state index in [1.54, 1.807) is 6.20 Å². The van der Waals surface area contributed by atoms with Crippen molar-refractivity contribution in [2.24, 2.45) is 59.2 Å². The Morgan fingerprint density at radius 3 is 0.923 bits per heavy atom. The fraction of sp³-hybridized carbons (Fsp3) is 0.632. The fourth-order valence-electron chi connectivity index (χ4n) is 9.95. The number of hydrogen-bond donors (Lipinski definition) is 0. The summed E-state index contributed by atoms with van der Waals surface area (Å²) in [6.45, 7) is 55.7. The predicted octanol–water partition coefficient (Wildman–Crippen LogP) is 27.7. The van der Waals surface area contributed by atoms with Gasteiger partial charge in [-0.3, -0.25) is 19.9 Å². The first-order valence-electron chi connectivity index (χ1n) is 36.8. The molecule has 2 aromatic carbocycles. The van der Waals surface area contributed by atoms with Crippen molar-refractivity contribution in [2.75, 3.05) is 0 Å². The lowest BCUT2D eigenvalue weighted by molar-refractivity contribution is 0.305. The molecule has 0 unspecified atom stereocenters. The minimum atomic E-state index is 0.596. The van der Waals surface area contributed by atoms with Gasteiger partial charge in [-0.05, 0) is 179 Å². The highest BCUT2D eigenvalue weighted by Crippen LogP contribution is 2.30. The number of hydrogen-bond acceptors (Lipinski definition) is 4. The second-order valence-corrected chi connectivity index (χ2v) is 30.1. The second kappa shape index (κ2) is 61.2. The third-order valence-corrected chi connectivity index (χ3v) is 14.9. The number of nitrogens with zero attached hydrogens (tertiary/aromatic N) is 4. The molecule has 4 heteroatoms. The summed E-state index contributed by atoms with van der Waals surface area (Å²) in [7, 11) is 0. The van der Waals surface area contributed by atoms with E-state index in [2.05, 4.69) is 272 Å². The minimum Gasteiger partial charge on any atom is -0.265 e. The van der Waals surface area contributed by atoms with Gasteiger partial charge in [-0.2, -0.15) is 0 Å². The number of aromatic nitrogens is 4. The SMILES string of the molecule is CC(C)C.CC(C)CC1CCCC1.CC(C)CC1CCCCC1.CC(C)Cc1ccccc1.CC(C)Cc1cccnc1.CC(C)Cc1ccncc1.CC(C)c1ccccc1.CC(C)c1cccnc1.CC(C)c1ccncc1.CCC(C)C.CCCC(C)C. The van der Waals surface area contributed by atoms with E-state index in [0.29, 0.717) is 17.8 Å². The second-order valence-electron chi connectivity index (χ2n) is 30.1. The predicted molar refractivity (Wildman–Crippen MR) is 411 cm³/mol. The van der Waals surface area contributed by atoms with E-state index >= 15 is 0 Å². The largest absolute Gasteiger partial charge is 0.265 e. The van der Waals surface area contributed by atoms with Gasteiger partial charge in [-0.1, -0.05) is 323 Å². The van der Waals surface area contributed by atoms with Gasteiger partial charge in [0.1, 0.15) is 0 Å². The van der Waals surface area contributed by atoms with E-state index in [1.807, 2.05) is 73.7 Å². The molecule has 4 nitrogen and oxygen atoms in total. The summed E-state index contributed by atoms with van der Waals surface area (Å²) in [6, 6.07) is 37.5. The van der Waals surface area contributed by atoms with E-state index in [-0.39, 0.29) is 0 Å². The van der Waals surface area contributed by atoms with E-state index in [0.717, 1.165) is 72.0 Å². The van der Waals surface area contributed by atoms with Crippen LogP contribution in [0.2, 0.25) is 0 Å². The van der Waals surface area contributed by atoms with Gasteiger partial charge in [0.2, 0.25) is 0 Å². The smallest absolute Gasteiger partial charge is 0.0302 e. The zero-order chi connectivity index (χ0) is 69.2. The molecule has 0 aliphatic heterocycles. The van der Waals surface area contributed by atoms with Gasteiger partial charge in [0, 0.05) is 49.6 Å². The van der Waals surface area contributed by atoms with Crippen LogP contribution in [0.1, 0.15) is 314 Å². The van der Waals surface area contributed by atoms with Crippen molar-refractivity contribution in [1.82, 2.24) is 19.9 Å². The maximum Gasteiger partial charge on any atom is 0.0302 e. The van der Waals surface area contributed by atoms with Crippen molar-refractivity contribution in [3.05, 3.63) is 192 Å². The molecule has 6 aromatic rings. The van der Waals surface area contributed by atoms with Gasteiger partial charge < -0.3 is 0 Å². The van der Waals surface area contributed by atoms with Crippen molar-refractivity contribution < 1.29 is 0 Å². The molecule has 91 heavy (non-hydrogen) atoms. The monoisotopic (exact) mass is 1250 g/mol. The van der Waals surface area contributed by atoms with Gasteiger partial charge in [0.25, 0.3) is 0 Å². The average molecular weight is 1250 g/mol. The van der Waals surface area contributed by atoms with Crippen LogP contribution in [0.5, 0.6) is 0 Å². The Morgan fingerprint density at radius 1 is 0.308 bits per heavy atom. The quantitative estimate of drug-likeness (QED) is 0.0969. The Morgan fingerprint density at radius 2 is 0.637 bits per heavy atom. The Bertz CT molecular complexity index is 2100. The van der Waals surface area contributed by atoms with Gasteiger partial charge >= 0.3 is 0 Å². The van der Waals surface area contributed by atoms with Crippen LogP contribution in [0.15, 0.2) is 159 Å². The molecule has 0 radical (unpaired) electrons. The lowest BCUT2D eigenvalue weighted by Crippen LogP contribution is -2.08. The summed E-state index contributed by atoms with van der Waals surface area (Å²) in [4.78, 5) is 15.9. The molecule has 0 bridgehead atoms. The highest BCUT2D eigenvalue weighted by molar-refractivity contribution is 5.18. The maximum atomic E-state index is 4.04. The minimum absolute atomic E-state index is 0.596. The zero-order valence-corrected chi connectivity index (χ0v) is 64.3. The Kier molecular flexibility index (Phi) is 60.7. The van der Waals surface area contributed by atoms with Gasteiger partial charge in [0.15, 0.2) is 0 Å². The van der Waals surface area contributed by atoms with E-state index < -0.39 is 0 Å². The van der Waals surface area contributed by atoms with Crippen LogP contribution in [-0.2, 0) is 19.3 Å². The molecule has 0 N–H and O–H groups in total. The fourth-order valence-corrected chi connectivity index (χ4v) is 9.95. The van der Waals surface area contributed by atoms with Crippen LogP contribution in [0.4, 0.5) is 0 Å². The highest BCUT2D eigenvalue weighted by atomic mass is 14.6. The summed E-state index contributed by atoms with van der Waals surface area (Å²) in [5.41, 5.74) is 8.22. The first-order chi connectivity index (χ1) is 43.1. The number of pyridine rings is 4. The number of benzene rings is 2. The maximum absolute atomic E-state index is 4.04. The summed E-state index contributed by atoms with van der Waals surface area (Å²) in [5.74, 6) is 10.7. The van der Waals surface area contributed by atoms with Crippen LogP contribution in [0.3, 0.4) is 0 Å². The van der Waals surface area contributed by atoms with Crippen molar-refractivity contribution >= 4 is 0 Å². The zero-order valence-electron chi connectivity index (χ0n) is 64.3. The van der Waals surface area contributed by atoms with E-state index in [4.69, 9.17) is 0 Å². The molecule has 4 aromatic heterocycles. The molecule has 0 saturated heterocycles. The summed E-state index contributed by atoms with van der Waals surface area (Å²) in [5, 5.41) is 0. The van der Waals surface area contributed by atoms with Crippen LogP contribution in [0, 0.1) is 59.2 Å². The number of rotatable bonds is 16. The highest BCUT2D eigenvalue weighted by Gasteiger charge is 2.16. The van der Waals surface area contributed by atoms with Crippen molar-refractivity contribution in [1.29, 1.82) is 0 Å². The van der Waals surface area contributed by atoms with Crippen LogP contribution >= 0.6 is 0 Å². The van der Waals surface area contributed by atoms with E-state index in [9.17, 15) is 0 Å². The average Bonchev–Trinajstić information content (AvgIpc) is 4.03. The van der Waals surface area contributed by atoms with Gasteiger partial charge in [-0.25, -0.2) is 0 Å². The molecule has 8 rings (SSSR count). The molecule has 2 saturated carbocycles. The third kappa shape index (κ3) is 64.9. The van der Waals surface area contributed by atoms with Crippen molar-refractivity contribution in [3.63, 3.8) is 0 Å². The molecule has 2 aliphatic rings. The molecule has 516 valence electrons. The first kappa shape index (κ1) is 90.2. The van der Waals surface area contributed by atoms with Gasteiger partial charge in [0.05, 0.1) is 0 Å². The molecule has 4 heterocycles. The molecule has 0 amide bonds. The Balaban J connectivity index is -0.000000944. The first-order valence-corrected chi connectivity index (χ1v) is 36.8. The topological polar surface area (TPSA) is 51.6 Å². The van der Waals surface area contributed by atoms with Crippen LogP contribution < -0.4 is 0 Å². The molecular weight excluding hydrogens is 1100 g/mol. The van der Waals surface area contributed by atoms with Crippen molar-refractivity contribution in [2.45, 2.75) is 300 Å². The molecule has 2 fully saturated rings. The summed E-state index contributed by atoms with van der Waals surface area (Å²) >= 11 is 0. The summed E-state index contributed by atoms with van der Waals surface area (Å²) in [6.07, 6.45) is 38.8.